The summed E-state index contributed by atoms with van der Waals surface area (Å²) in [5.41, 5.74) is 1.49. The summed E-state index contributed by atoms with van der Waals surface area (Å²) in [5.74, 6) is -0.796. The molecule has 2 aromatic rings. The molecule has 0 saturated heterocycles. The number of aromatic nitrogens is 1. The smallest absolute Gasteiger partial charge is 0.341 e. The molecule has 0 fully saturated rings. The van der Waals surface area contributed by atoms with Crippen LogP contribution in [0.25, 0.3) is 0 Å². The molecule has 1 N–H and O–H groups in total. The minimum absolute atomic E-state index is 0.259. The van der Waals surface area contributed by atoms with E-state index in [2.05, 4.69) is 5.32 Å². The van der Waals surface area contributed by atoms with E-state index < -0.39 is 11.9 Å². The number of hydrogen-bond acceptors (Lipinski definition) is 5. The second kappa shape index (κ2) is 7.86. The quantitative estimate of drug-likeness (QED) is 0.659. The van der Waals surface area contributed by atoms with Crippen molar-refractivity contribution in [1.29, 1.82) is 0 Å². The van der Waals surface area contributed by atoms with E-state index in [-0.39, 0.29) is 17.7 Å². The van der Waals surface area contributed by atoms with E-state index in [0.29, 0.717) is 10.6 Å². The summed E-state index contributed by atoms with van der Waals surface area (Å²) in [4.78, 5) is 38.0. The lowest BCUT2D eigenvalue weighted by Gasteiger charge is -2.08. The molecule has 2 heterocycles. The van der Waals surface area contributed by atoms with Gasteiger partial charge < -0.3 is 14.6 Å². The molecular weight excluding hydrogens is 352 g/mol. The zero-order chi connectivity index (χ0) is 18.7. The van der Waals surface area contributed by atoms with Gasteiger partial charge in [-0.1, -0.05) is 6.42 Å². The molecule has 0 aromatic carbocycles. The van der Waals surface area contributed by atoms with Crippen molar-refractivity contribution in [3.8, 4) is 0 Å². The number of aryl methyl sites for hydroxylation is 2. The number of nitrogens with zero attached hydrogens (tertiary/aromatic N) is 1. The van der Waals surface area contributed by atoms with Gasteiger partial charge in [0.25, 0.3) is 11.5 Å². The SMILES string of the molecule is CCOC(=O)c1c(NC(=O)c2ccn(C)c(=O)c2)sc2c1CCCCC2. The number of thiophene rings is 1. The average molecular weight is 374 g/mol. The highest BCUT2D eigenvalue weighted by Crippen LogP contribution is 2.38. The van der Waals surface area contributed by atoms with Crippen LogP contribution in [0.1, 0.15) is 57.3 Å². The van der Waals surface area contributed by atoms with Crippen molar-refractivity contribution in [3.05, 3.63) is 50.3 Å². The van der Waals surface area contributed by atoms with E-state index in [4.69, 9.17) is 4.74 Å². The summed E-state index contributed by atoms with van der Waals surface area (Å²) < 4.78 is 6.62. The molecule has 1 amide bonds. The second-order valence-corrected chi connectivity index (χ2v) is 7.41. The van der Waals surface area contributed by atoms with Crippen LogP contribution < -0.4 is 10.9 Å². The van der Waals surface area contributed by atoms with Gasteiger partial charge >= 0.3 is 5.97 Å². The zero-order valence-electron chi connectivity index (χ0n) is 15.0. The maximum Gasteiger partial charge on any atom is 0.341 e. The van der Waals surface area contributed by atoms with Crippen LogP contribution in [0.4, 0.5) is 5.00 Å². The third-order valence-corrected chi connectivity index (χ3v) is 5.70. The van der Waals surface area contributed by atoms with E-state index in [0.717, 1.165) is 42.5 Å². The first kappa shape index (κ1) is 18.4. The van der Waals surface area contributed by atoms with E-state index in [1.54, 1.807) is 26.2 Å². The average Bonchev–Trinajstić information content (AvgIpc) is 2.78. The van der Waals surface area contributed by atoms with Crippen LogP contribution >= 0.6 is 11.3 Å². The number of anilines is 1. The van der Waals surface area contributed by atoms with Gasteiger partial charge in [0.05, 0.1) is 12.2 Å². The van der Waals surface area contributed by atoms with Crippen LogP contribution in [0.2, 0.25) is 0 Å². The number of amides is 1. The van der Waals surface area contributed by atoms with Gasteiger partial charge in [0.15, 0.2) is 0 Å². The van der Waals surface area contributed by atoms with Crippen molar-refractivity contribution in [3.63, 3.8) is 0 Å². The number of carbonyl (C=O) groups is 2. The van der Waals surface area contributed by atoms with E-state index in [1.165, 1.54) is 22.0 Å². The van der Waals surface area contributed by atoms with Gasteiger partial charge in [0.2, 0.25) is 0 Å². The molecule has 0 radical (unpaired) electrons. The molecular formula is C19H22N2O4S. The van der Waals surface area contributed by atoms with Crippen LogP contribution in [0.5, 0.6) is 0 Å². The zero-order valence-corrected chi connectivity index (χ0v) is 15.8. The fourth-order valence-electron chi connectivity index (χ4n) is 3.11. The van der Waals surface area contributed by atoms with Crippen molar-refractivity contribution >= 4 is 28.2 Å². The Hall–Kier alpha value is -2.41. The van der Waals surface area contributed by atoms with Crippen LogP contribution in [0, 0.1) is 0 Å². The van der Waals surface area contributed by atoms with Crippen molar-refractivity contribution in [2.24, 2.45) is 7.05 Å². The number of rotatable bonds is 4. The molecule has 2 aromatic heterocycles. The lowest BCUT2D eigenvalue weighted by molar-refractivity contribution is 0.0527. The van der Waals surface area contributed by atoms with Crippen LogP contribution in [-0.2, 0) is 24.6 Å². The van der Waals surface area contributed by atoms with Gasteiger partial charge in [-0.25, -0.2) is 4.79 Å². The number of fused-ring (bicyclic) bond motifs is 1. The van der Waals surface area contributed by atoms with Gasteiger partial charge in [-0.2, -0.15) is 0 Å². The second-order valence-electron chi connectivity index (χ2n) is 6.31. The summed E-state index contributed by atoms with van der Waals surface area (Å²) >= 11 is 1.44. The minimum atomic E-state index is -0.398. The lowest BCUT2D eigenvalue weighted by Crippen LogP contribution is -2.20. The van der Waals surface area contributed by atoms with E-state index in [9.17, 15) is 14.4 Å². The first-order valence-electron chi connectivity index (χ1n) is 8.81. The molecule has 0 bridgehead atoms. The summed E-state index contributed by atoms with van der Waals surface area (Å²) in [6.07, 6.45) is 6.53. The fraction of sp³-hybridized carbons (Fsp3) is 0.421. The highest BCUT2D eigenvalue weighted by Gasteiger charge is 2.26. The summed E-state index contributed by atoms with van der Waals surface area (Å²) in [6, 6.07) is 2.87. The van der Waals surface area contributed by atoms with E-state index >= 15 is 0 Å². The maximum atomic E-state index is 12.6. The molecule has 0 atom stereocenters. The Kier molecular flexibility index (Phi) is 5.56. The number of nitrogens with one attached hydrogen (secondary N) is 1. The van der Waals surface area contributed by atoms with Gasteiger partial charge in [-0.15, -0.1) is 11.3 Å². The van der Waals surface area contributed by atoms with Crippen molar-refractivity contribution < 1.29 is 14.3 Å². The van der Waals surface area contributed by atoms with Gasteiger partial charge in [0.1, 0.15) is 5.00 Å². The summed E-state index contributed by atoms with van der Waals surface area (Å²) in [7, 11) is 1.62. The van der Waals surface area contributed by atoms with Gasteiger partial charge in [-0.05, 0) is 44.2 Å². The minimum Gasteiger partial charge on any atom is -0.462 e. The highest BCUT2D eigenvalue weighted by molar-refractivity contribution is 7.17. The maximum absolute atomic E-state index is 12.6. The highest BCUT2D eigenvalue weighted by atomic mass is 32.1. The largest absolute Gasteiger partial charge is 0.462 e. The predicted octanol–water partition coefficient (Wildman–Crippen LogP) is 3.14. The normalized spacial score (nSPS) is 13.6. The van der Waals surface area contributed by atoms with Crippen LogP contribution in [0.15, 0.2) is 23.1 Å². The molecule has 138 valence electrons. The fourth-order valence-corrected chi connectivity index (χ4v) is 4.39. The number of pyridine rings is 1. The Morgan fingerprint density at radius 1 is 1.27 bits per heavy atom. The van der Waals surface area contributed by atoms with Crippen molar-refractivity contribution in [2.75, 3.05) is 11.9 Å². The molecule has 1 aliphatic carbocycles. The van der Waals surface area contributed by atoms with Crippen molar-refractivity contribution in [1.82, 2.24) is 4.57 Å². The van der Waals surface area contributed by atoms with Crippen LogP contribution in [-0.4, -0.2) is 23.1 Å². The molecule has 0 saturated carbocycles. The Morgan fingerprint density at radius 3 is 2.77 bits per heavy atom. The Morgan fingerprint density at radius 2 is 2.04 bits per heavy atom. The Balaban J connectivity index is 1.95. The lowest BCUT2D eigenvalue weighted by atomic mass is 10.1. The number of esters is 1. The first-order valence-corrected chi connectivity index (χ1v) is 9.62. The molecule has 0 spiro atoms. The summed E-state index contributed by atoms with van der Waals surface area (Å²) in [6.45, 7) is 2.05. The predicted molar refractivity (Wildman–Crippen MR) is 101 cm³/mol. The molecule has 0 aliphatic heterocycles. The van der Waals surface area contributed by atoms with Gasteiger partial charge in [-0.3, -0.25) is 9.59 Å². The number of ether oxygens (including phenoxy) is 1. The topological polar surface area (TPSA) is 77.4 Å². The Bertz CT molecular complexity index is 897. The molecule has 26 heavy (non-hydrogen) atoms. The van der Waals surface area contributed by atoms with Crippen molar-refractivity contribution in [2.45, 2.75) is 39.0 Å². The molecule has 6 nitrogen and oxygen atoms in total. The standard InChI is InChI=1S/C19H22N2O4S/c1-3-25-19(24)16-13-7-5-4-6-8-14(13)26-18(16)20-17(23)12-9-10-21(2)15(22)11-12/h9-11H,3-8H2,1-2H3,(H,20,23). The number of hydrogen-bond donors (Lipinski definition) is 1. The molecule has 1 aliphatic rings. The van der Waals surface area contributed by atoms with Gasteiger partial charge in [0, 0.05) is 29.8 Å². The molecule has 3 rings (SSSR count). The third kappa shape index (κ3) is 3.72. The molecule has 0 unspecified atom stereocenters. The van der Waals surface area contributed by atoms with Crippen LogP contribution in [0.3, 0.4) is 0 Å². The number of carbonyl (C=O) groups excluding carboxylic acids is 2. The first-order chi connectivity index (χ1) is 12.5. The summed E-state index contributed by atoms with van der Waals surface area (Å²) in [5, 5.41) is 3.34. The monoisotopic (exact) mass is 374 g/mol. The third-order valence-electron chi connectivity index (χ3n) is 4.49. The molecule has 7 heteroatoms. The Labute approximate surface area is 155 Å². The van der Waals surface area contributed by atoms with E-state index in [1.807, 2.05) is 0 Å².